The Kier molecular flexibility index (Phi) is 10.5. The minimum atomic E-state index is -0.474. The van der Waals surface area contributed by atoms with E-state index < -0.39 is 4.92 Å². The molecule has 0 aromatic heterocycles. The topological polar surface area (TPSA) is 98.9 Å². The van der Waals surface area contributed by atoms with Crippen LogP contribution in [0.25, 0.3) is 10.8 Å². The second-order valence-corrected chi connectivity index (χ2v) is 12.9. The number of ketones is 1. The van der Waals surface area contributed by atoms with Gasteiger partial charge in [-0.2, -0.15) is 0 Å². The molecule has 238 valence electrons. The van der Waals surface area contributed by atoms with Crippen LogP contribution in [0, 0.1) is 10.1 Å². The predicted octanol–water partition coefficient (Wildman–Crippen LogP) is 10.4. The summed E-state index contributed by atoms with van der Waals surface area (Å²) in [6.45, 7) is 14.1. The maximum Gasteiger partial charge on any atom is 0.269 e. The van der Waals surface area contributed by atoms with Crippen LogP contribution in [-0.4, -0.2) is 22.4 Å². The van der Waals surface area contributed by atoms with E-state index in [-0.39, 0.29) is 40.0 Å². The number of carbonyl (C=O) groups is 1. The maximum atomic E-state index is 13.3. The number of unbranched alkanes of at least 4 members (excludes halogenated alkanes) is 2. The predicted molar refractivity (Wildman–Crippen MR) is 180 cm³/mol. The van der Waals surface area contributed by atoms with E-state index in [9.17, 15) is 20.0 Å². The number of carbonyl (C=O) groups excluding carboxylic acids is 1. The van der Waals surface area contributed by atoms with Crippen molar-refractivity contribution in [2.75, 3.05) is 6.61 Å². The second kappa shape index (κ2) is 14.1. The molecule has 0 aliphatic rings. The van der Waals surface area contributed by atoms with E-state index in [1.54, 1.807) is 24.3 Å². The van der Waals surface area contributed by atoms with Crippen LogP contribution in [0.4, 0.5) is 5.69 Å². The Bertz CT molecular complexity index is 1660. The molecule has 0 heterocycles. The van der Waals surface area contributed by atoms with Gasteiger partial charge in [-0.3, -0.25) is 14.9 Å². The molecular weight excluding hydrogens is 566 g/mol. The molecule has 0 fully saturated rings. The van der Waals surface area contributed by atoms with Gasteiger partial charge in [0.2, 0.25) is 0 Å². The van der Waals surface area contributed by atoms with E-state index in [1.807, 2.05) is 6.07 Å². The molecule has 0 saturated carbocycles. The third-order valence-electron chi connectivity index (χ3n) is 9.12. The number of non-ortho nitro benzene ring substituents is 1. The molecule has 0 amide bonds. The van der Waals surface area contributed by atoms with E-state index in [0.717, 1.165) is 31.4 Å². The number of hydrogen-bond donors (Lipinski definition) is 1. The Hall–Kier alpha value is -4.39. The van der Waals surface area contributed by atoms with Crippen molar-refractivity contribution in [2.45, 2.75) is 90.9 Å². The van der Waals surface area contributed by atoms with Crippen molar-refractivity contribution in [1.29, 1.82) is 0 Å². The normalized spacial score (nSPS) is 11.9. The van der Waals surface area contributed by atoms with Crippen molar-refractivity contribution in [3.8, 4) is 23.0 Å². The third kappa shape index (κ3) is 7.83. The monoisotopic (exact) mass is 611 g/mol. The van der Waals surface area contributed by atoms with Gasteiger partial charge in [0.15, 0.2) is 5.78 Å². The number of nitro benzene ring substituents is 1. The summed E-state index contributed by atoms with van der Waals surface area (Å²) >= 11 is 0. The lowest BCUT2D eigenvalue weighted by Crippen LogP contribution is -2.21. The van der Waals surface area contributed by atoms with Crippen molar-refractivity contribution >= 4 is 22.2 Å². The summed E-state index contributed by atoms with van der Waals surface area (Å²) in [5.74, 6) is 1.47. The maximum absolute atomic E-state index is 13.3. The van der Waals surface area contributed by atoms with Gasteiger partial charge in [-0.25, -0.2) is 0 Å². The molecule has 4 aromatic rings. The van der Waals surface area contributed by atoms with Gasteiger partial charge in [0, 0.05) is 34.9 Å². The first-order chi connectivity index (χ1) is 21.4. The van der Waals surface area contributed by atoms with Crippen molar-refractivity contribution < 1.29 is 24.3 Å². The zero-order chi connectivity index (χ0) is 32.8. The Balaban J connectivity index is 1.40. The molecule has 4 rings (SSSR count). The number of aromatic hydroxyl groups is 1. The smallest absolute Gasteiger partial charge is 0.269 e. The highest BCUT2D eigenvalue weighted by Crippen LogP contribution is 2.40. The lowest BCUT2D eigenvalue weighted by molar-refractivity contribution is -0.384. The van der Waals surface area contributed by atoms with Crippen LogP contribution in [0.5, 0.6) is 23.0 Å². The summed E-state index contributed by atoms with van der Waals surface area (Å²) in [7, 11) is 0. The van der Waals surface area contributed by atoms with Gasteiger partial charge >= 0.3 is 0 Å². The summed E-state index contributed by atoms with van der Waals surface area (Å²) in [5.41, 5.74) is 2.80. The minimum absolute atomic E-state index is 0.00944. The standard InChI is InChI=1S/C38H45NO6/c1-7-37(3,4)26-17-22-34(32(24-26)38(5,6)8-2)44-23-13-9-10-16-33(40)31-25-35(29-14-11-12-15-30(29)36(31)41)45-28-20-18-27(19-21-28)39(42)43/h11-12,14-15,17-22,24-25,41H,7-10,13,16,23H2,1-6H3. The Morgan fingerprint density at radius 1 is 0.822 bits per heavy atom. The number of phenols is 1. The first kappa shape index (κ1) is 33.5. The van der Waals surface area contributed by atoms with Crippen LogP contribution in [0.15, 0.2) is 72.8 Å². The Labute approximate surface area is 266 Å². The second-order valence-electron chi connectivity index (χ2n) is 12.9. The van der Waals surface area contributed by atoms with Crippen molar-refractivity contribution in [3.63, 3.8) is 0 Å². The van der Waals surface area contributed by atoms with Crippen LogP contribution in [0.2, 0.25) is 0 Å². The van der Waals surface area contributed by atoms with Crippen LogP contribution < -0.4 is 9.47 Å². The number of nitrogens with zero attached hydrogens (tertiary/aromatic N) is 1. The first-order valence-electron chi connectivity index (χ1n) is 15.9. The average Bonchev–Trinajstić information content (AvgIpc) is 3.04. The molecule has 1 N–H and O–H groups in total. The largest absolute Gasteiger partial charge is 0.507 e. The number of Topliss-reactive ketones (excluding diaryl/α,β-unsaturated/α-hetero) is 1. The minimum Gasteiger partial charge on any atom is -0.507 e. The molecule has 4 aromatic carbocycles. The van der Waals surface area contributed by atoms with Gasteiger partial charge in [0.25, 0.3) is 5.69 Å². The lowest BCUT2D eigenvalue weighted by atomic mass is 9.76. The lowest BCUT2D eigenvalue weighted by Gasteiger charge is -2.30. The molecular formula is C38H45NO6. The Morgan fingerprint density at radius 3 is 2.13 bits per heavy atom. The van der Waals surface area contributed by atoms with Crippen LogP contribution in [0.1, 0.15) is 102 Å². The van der Waals surface area contributed by atoms with E-state index in [0.29, 0.717) is 35.3 Å². The quantitative estimate of drug-likeness (QED) is 0.0621. The van der Waals surface area contributed by atoms with E-state index >= 15 is 0 Å². The highest BCUT2D eigenvalue weighted by molar-refractivity contribution is 6.06. The molecule has 0 aliphatic heterocycles. The molecule has 7 nitrogen and oxygen atoms in total. The van der Waals surface area contributed by atoms with E-state index in [4.69, 9.17) is 9.47 Å². The number of ether oxygens (including phenoxy) is 2. The number of fused-ring (bicyclic) bond motifs is 1. The van der Waals surface area contributed by atoms with Gasteiger partial charge < -0.3 is 14.6 Å². The van der Waals surface area contributed by atoms with Gasteiger partial charge in [-0.05, 0) is 72.8 Å². The highest BCUT2D eigenvalue weighted by atomic mass is 16.6. The van der Waals surface area contributed by atoms with Crippen LogP contribution in [0.3, 0.4) is 0 Å². The number of nitro groups is 1. The zero-order valence-electron chi connectivity index (χ0n) is 27.3. The van der Waals surface area contributed by atoms with Crippen molar-refractivity contribution in [3.05, 3.63) is 99.6 Å². The highest BCUT2D eigenvalue weighted by Gasteiger charge is 2.26. The van der Waals surface area contributed by atoms with Crippen molar-refractivity contribution in [1.82, 2.24) is 0 Å². The first-order valence-corrected chi connectivity index (χ1v) is 15.9. The van der Waals surface area contributed by atoms with E-state index in [2.05, 4.69) is 59.7 Å². The molecule has 45 heavy (non-hydrogen) atoms. The summed E-state index contributed by atoms with van der Waals surface area (Å²) in [6, 6.07) is 21.1. The zero-order valence-corrected chi connectivity index (χ0v) is 27.3. The number of benzene rings is 4. The molecule has 7 heteroatoms. The Morgan fingerprint density at radius 2 is 1.49 bits per heavy atom. The molecule has 0 saturated heterocycles. The molecule has 0 atom stereocenters. The number of rotatable bonds is 15. The fourth-order valence-electron chi connectivity index (χ4n) is 5.27. The molecule has 0 bridgehead atoms. The summed E-state index contributed by atoms with van der Waals surface area (Å²) in [5, 5.41) is 23.2. The molecule has 0 radical (unpaired) electrons. The van der Waals surface area contributed by atoms with E-state index in [1.165, 1.54) is 35.4 Å². The van der Waals surface area contributed by atoms with Gasteiger partial charge in [-0.1, -0.05) is 77.9 Å². The average molecular weight is 612 g/mol. The van der Waals surface area contributed by atoms with Gasteiger partial charge in [-0.15, -0.1) is 0 Å². The molecule has 0 unspecified atom stereocenters. The SMILES string of the molecule is CCC(C)(C)c1ccc(OCCCCCC(=O)c2cc(Oc3ccc([N+](=O)[O-])cc3)c3ccccc3c2O)c(C(C)(C)CC)c1. The summed E-state index contributed by atoms with van der Waals surface area (Å²) in [6.07, 6.45) is 4.61. The third-order valence-corrected chi connectivity index (χ3v) is 9.12. The number of hydrogen-bond acceptors (Lipinski definition) is 6. The van der Waals surface area contributed by atoms with Crippen LogP contribution >= 0.6 is 0 Å². The van der Waals surface area contributed by atoms with Crippen molar-refractivity contribution in [2.24, 2.45) is 0 Å². The summed E-state index contributed by atoms with van der Waals surface area (Å²) < 4.78 is 12.3. The molecule has 0 spiro atoms. The van der Waals surface area contributed by atoms with Crippen LogP contribution in [-0.2, 0) is 10.8 Å². The van der Waals surface area contributed by atoms with Gasteiger partial charge in [0.1, 0.15) is 23.0 Å². The fourth-order valence-corrected chi connectivity index (χ4v) is 5.27. The number of phenolic OH excluding ortho intramolecular Hbond substituents is 1. The summed E-state index contributed by atoms with van der Waals surface area (Å²) in [4.78, 5) is 23.8. The molecule has 0 aliphatic carbocycles. The van der Waals surface area contributed by atoms with Gasteiger partial charge in [0.05, 0.1) is 17.1 Å². The fraction of sp³-hybridized carbons (Fsp3) is 0.395.